The SMILES string of the molecule is N#C/C(=C\c1ccc(-c2ccc(Cl)cc2[N+](=O)[O-])o1)Sc1nc2ccccc2s1. The summed E-state index contributed by atoms with van der Waals surface area (Å²) >= 11 is 8.61. The number of furan rings is 1. The van der Waals surface area contributed by atoms with Crippen molar-refractivity contribution < 1.29 is 9.34 Å². The second-order valence-electron chi connectivity index (χ2n) is 5.79. The number of nitro groups is 1. The first-order valence-corrected chi connectivity index (χ1v) is 10.2. The first kappa shape index (κ1) is 19.2. The molecule has 142 valence electrons. The number of nitro benzene ring substituents is 1. The Balaban J connectivity index is 1.62. The number of halogens is 1. The molecule has 0 radical (unpaired) electrons. The number of benzene rings is 2. The van der Waals surface area contributed by atoms with Crippen LogP contribution in [-0.4, -0.2) is 9.91 Å². The van der Waals surface area contributed by atoms with E-state index in [0.29, 0.717) is 22.0 Å². The lowest BCUT2D eigenvalue weighted by molar-refractivity contribution is -0.384. The van der Waals surface area contributed by atoms with Gasteiger partial charge in [-0.25, -0.2) is 4.98 Å². The van der Waals surface area contributed by atoms with Gasteiger partial charge >= 0.3 is 0 Å². The van der Waals surface area contributed by atoms with Gasteiger partial charge in [0.05, 0.1) is 25.6 Å². The molecule has 0 saturated carbocycles. The Morgan fingerprint density at radius 2 is 2.10 bits per heavy atom. The first-order chi connectivity index (χ1) is 14.0. The number of allylic oxidation sites excluding steroid dienone is 1. The Bertz CT molecular complexity index is 1270. The fourth-order valence-corrected chi connectivity index (χ4v) is 4.76. The first-order valence-electron chi connectivity index (χ1n) is 8.23. The van der Waals surface area contributed by atoms with Gasteiger partial charge in [0.15, 0.2) is 4.34 Å². The number of hydrogen-bond acceptors (Lipinski definition) is 7. The quantitative estimate of drug-likeness (QED) is 0.147. The van der Waals surface area contributed by atoms with Gasteiger partial charge < -0.3 is 4.42 Å². The van der Waals surface area contributed by atoms with Gasteiger partial charge in [-0.05, 0) is 48.2 Å². The summed E-state index contributed by atoms with van der Waals surface area (Å²) < 4.78 is 7.52. The maximum Gasteiger partial charge on any atom is 0.281 e. The molecule has 4 aromatic rings. The van der Waals surface area contributed by atoms with E-state index in [1.54, 1.807) is 24.3 Å². The molecule has 0 fully saturated rings. The summed E-state index contributed by atoms with van der Waals surface area (Å²) in [6, 6.07) is 17.5. The van der Waals surface area contributed by atoms with Crippen LogP contribution in [0.2, 0.25) is 5.02 Å². The maximum absolute atomic E-state index is 11.3. The van der Waals surface area contributed by atoms with Gasteiger partial charge in [-0.2, -0.15) is 5.26 Å². The summed E-state index contributed by atoms with van der Waals surface area (Å²) in [7, 11) is 0. The van der Waals surface area contributed by atoms with Gasteiger partial charge in [0, 0.05) is 17.2 Å². The van der Waals surface area contributed by atoms with Gasteiger partial charge in [-0.15, -0.1) is 11.3 Å². The molecule has 2 heterocycles. The number of rotatable bonds is 5. The van der Waals surface area contributed by atoms with Crippen molar-refractivity contribution in [1.29, 1.82) is 5.26 Å². The average Bonchev–Trinajstić information content (AvgIpc) is 3.33. The number of fused-ring (bicyclic) bond motifs is 1. The zero-order chi connectivity index (χ0) is 20.4. The largest absolute Gasteiger partial charge is 0.456 e. The minimum atomic E-state index is -0.511. The highest BCUT2D eigenvalue weighted by Crippen LogP contribution is 2.36. The van der Waals surface area contributed by atoms with Crippen molar-refractivity contribution in [2.24, 2.45) is 0 Å². The number of thioether (sulfide) groups is 1. The van der Waals surface area contributed by atoms with Crippen LogP contribution in [0.4, 0.5) is 5.69 Å². The van der Waals surface area contributed by atoms with Crippen molar-refractivity contribution in [3.8, 4) is 17.4 Å². The molecule has 0 unspecified atom stereocenters. The molecule has 6 nitrogen and oxygen atoms in total. The van der Waals surface area contributed by atoms with E-state index in [0.717, 1.165) is 14.6 Å². The number of para-hydroxylation sites is 1. The second kappa shape index (κ2) is 8.09. The van der Waals surface area contributed by atoms with Crippen LogP contribution in [0.25, 0.3) is 27.6 Å². The fourth-order valence-electron chi connectivity index (χ4n) is 2.64. The Morgan fingerprint density at radius 1 is 1.28 bits per heavy atom. The predicted molar refractivity (Wildman–Crippen MR) is 115 cm³/mol. The van der Waals surface area contributed by atoms with E-state index in [1.165, 1.54) is 35.2 Å². The summed E-state index contributed by atoms with van der Waals surface area (Å²) in [6.45, 7) is 0. The lowest BCUT2D eigenvalue weighted by atomic mass is 10.1. The molecule has 0 amide bonds. The van der Waals surface area contributed by atoms with Crippen molar-refractivity contribution in [3.05, 3.63) is 80.4 Å². The third-order valence-electron chi connectivity index (χ3n) is 3.90. The Hall–Kier alpha value is -3.12. The van der Waals surface area contributed by atoms with E-state index in [4.69, 9.17) is 16.0 Å². The summed E-state index contributed by atoms with van der Waals surface area (Å²) in [6.07, 6.45) is 1.59. The van der Waals surface area contributed by atoms with Crippen LogP contribution in [0.1, 0.15) is 5.76 Å². The maximum atomic E-state index is 11.3. The molecule has 0 saturated heterocycles. The topological polar surface area (TPSA) is 93.0 Å². The van der Waals surface area contributed by atoms with Gasteiger partial charge in [-0.1, -0.05) is 23.7 Å². The molecule has 0 bridgehead atoms. The summed E-state index contributed by atoms with van der Waals surface area (Å²) in [5.41, 5.74) is 1.05. The average molecular weight is 440 g/mol. The molecular formula is C20H10ClN3O3S2. The van der Waals surface area contributed by atoms with Gasteiger partial charge in [-0.3, -0.25) is 10.1 Å². The van der Waals surface area contributed by atoms with E-state index in [1.807, 2.05) is 24.3 Å². The Morgan fingerprint density at radius 3 is 2.86 bits per heavy atom. The minimum absolute atomic E-state index is 0.147. The smallest absolute Gasteiger partial charge is 0.281 e. The summed E-state index contributed by atoms with van der Waals surface area (Å²) in [5, 5.41) is 21.1. The number of nitrogens with zero attached hydrogens (tertiary/aromatic N) is 3. The van der Waals surface area contributed by atoms with Gasteiger partial charge in [0.2, 0.25) is 0 Å². The van der Waals surface area contributed by atoms with E-state index >= 15 is 0 Å². The van der Waals surface area contributed by atoms with Gasteiger partial charge in [0.1, 0.15) is 17.6 Å². The summed E-state index contributed by atoms with van der Waals surface area (Å²) in [4.78, 5) is 15.7. The minimum Gasteiger partial charge on any atom is -0.456 e. The van der Waals surface area contributed by atoms with Crippen LogP contribution in [0, 0.1) is 21.4 Å². The van der Waals surface area contributed by atoms with Crippen molar-refractivity contribution in [1.82, 2.24) is 4.98 Å². The van der Waals surface area contributed by atoms with Crippen molar-refractivity contribution in [3.63, 3.8) is 0 Å². The standard InChI is InChI=1S/C20H10ClN3O3S2/c21-12-5-7-15(17(9-12)24(25)26)18-8-6-13(27-18)10-14(11-22)28-20-23-16-3-1-2-4-19(16)29-20/h1-10H/b14-10+. The molecule has 2 aromatic heterocycles. The van der Waals surface area contributed by atoms with Crippen LogP contribution in [-0.2, 0) is 0 Å². The molecule has 0 aliphatic rings. The van der Waals surface area contributed by atoms with Crippen molar-refractivity contribution in [2.45, 2.75) is 4.34 Å². The summed E-state index contributed by atoms with van der Waals surface area (Å²) in [5.74, 6) is 0.733. The third-order valence-corrected chi connectivity index (χ3v) is 6.16. The number of aromatic nitrogens is 1. The molecule has 0 atom stereocenters. The van der Waals surface area contributed by atoms with Gasteiger partial charge in [0.25, 0.3) is 5.69 Å². The van der Waals surface area contributed by atoms with Crippen molar-refractivity contribution >= 4 is 56.7 Å². The lowest BCUT2D eigenvalue weighted by Gasteiger charge is -2.00. The molecule has 0 spiro atoms. The zero-order valence-corrected chi connectivity index (χ0v) is 16.9. The van der Waals surface area contributed by atoms with Crippen molar-refractivity contribution in [2.75, 3.05) is 0 Å². The van der Waals surface area contributed by atoms with Crippen LogP contribution >= 0.6 is 34.7 Å². The Labute approximate surface area is 178 Å². The highest BCUT2D eigenvalue weighted by molar-refractivity contribution is 8.05. The Kier molecular flexibility index (Phi) is 5.36. The van der Waals surface area contributed by atoms with E-state index in [-0.39, 0.29) is 10.7 Å². The highest BCUT2D eigenvalue weighted by Gasteiger charge is 2.18. The highest BCUT2D eigenvalue weighted by atomic mass is 35.5. The zero-order valence-electron chi connectivity index (χ0n) is 14.5. The van der Waals surface area contributed by atoms with Crippen LogP contribution in [0.15, 0.2) is 68.3 Å². The molecule has 4 rings (SSSR count). The second-order valence-corrected chi connectivity index (χ2v) is 8.55. The van der Waals surface area contributed by atoms with Crippen LogP contribution in [0.5, 0.6) is 0 Å². The monoisotopic (exact) mass is 439 g/mol. The third kappa shape index (κ3) is 4.17. The molecular weight excluding hydrogens is 430 g/mol. The number of hydrogen-bond donors (Lipinski definition) is 0. The molecule has 0 N–H and O–H groups in total. The fraction of sp³-hybridized carbons (Fsp3) is 0. The normalized spacial score (nSPS) is 11.5. The lowest BCUT2D eigenvalue weighted by Crippen LogP contribution is -1.91. The molecule has 29 heavy (non-hydrogen) atoms. The molecule has 0 aliphatic carbocycles. The number of nitriles is 1. The molecule has 9 heteroatoms. The molecule has 2 aromatic carbocycles. The van der Waals surface area contributed by atoms with Crippen LogP contribution in [0.3, 0.4) is 0 Å². The molecule has 0 aliphatic heterocycles. The van der Waals surface area contributed by atoms with E-state index in [2.05, 4.69) is 11.1 Å². The predicted octanol–water partition coefficient (Wildman–Crippen LogP) is 6.77. The van der Waals surface area contributed by atoms with E-state index in [9.17, 15) is 15.4 Å². The van der Waals surface area contributed by atoms with E-state index < -0.39 is 4.92 Å². The number of thiazole rings is 1. The van der Waals surface area contributed by atoms with Crippen LogP contribution < -0.4 is 0 Å².